The molecule has 2 N–H and O–H groups in total. The summed E-state index contributed by atoms with van der Waals surface area (Å²) in [6.07, 6.45) is 5.96. The molecular weight excluding hydrogens is 324 g/mol. The van der Waals surface area contributed by atoms with Gasteiger partial charge in [-0.25, -0.2) is 14.6 Å². The molecule has 1 fully saturated rings. The zero-order valence-electron chi connectivity index (χ0n) is 14.4. The van der Waals surface area contributed by atoms with Gasteiger partial charge in [-0.1, -0.05) is 0 Å². The summed E-state index contributed by atoms with van der Waals surface area (Å²) in [4.78, 5) is 30.5. The number of esters is 1. The molecule has 2 amide bonds. The standard InChI is InChI=1S/C16H22N6O3/c1-3-25-15(23)13-8-11(9-21(13)2)19-16(24)22-7-5-4-6-12(22)14-17-10-18-20-14/h8-10,12H,3-7H2,1-2H3,(H,19,24)(H,17,18,20). The summed E-state index contributed by atoms with van der Waals surface area (Å²) in [5, 5.41) is 9.59. The largest absolute Gasteiger partial charge is 0.461 e. The third-order valence-electron chi connectivity index (χ3n) is 4.25. The second kappa shape index (κ2) is 7.37. The summed E-state index contributed by atoms with van der Waals surface area (Å²) in [7, 11) is 1.74. The lowest BCUT2D eigenvalue weighted by Gasteiger charge is -2.34. The first kappa shape index (κ1) is 17.0. The van der Waals surface area contributed by atoms with E-state index in [0.717, 1.165) is 19.3 Å². The second-order valence-corrected chi connectivity index (χ2v) is 5.95. The van der Waals surface area contributed by atoms with Crippen LogP contribution in [-0.4, -0.2) is 49.8 Å². The number of H-pyrrole nitrogens is 1. The van der Waals surface area contributed by atoms with Crippen molar-refractivity contribution in [1.29, 1.82) is 0 Å². The molecular formula is C16H22N6O3. The fourth-order valence-corrected chi connectivity index (χ4v) is 3.07. The van der Waals surface area contributed by atoms with Crippen molar-refractivity contribution in [3.05, 3.63) is 30.1 Å². The second-order valence-electron chi connectivity index (χ2n) is 5.95. The number of nitrogens with zero attached hydrogens (tertiary/aromatic N) is 4. The Balaban J connectivity index is 1.73. The molecule has 3 heterocycles. The molecule has 25 heavy (non-hydrogen) atoms. The fraction of sp³-hybridized carbons (Fsp3) is 0.500. The lowest BCUT2D eigenvalue weighted by molar-refractivity contribution is 0.0515. The van der Waals surface area contributed by atoms with Crippen LogP contribution in [0, 0.1) is 0 Å². The number of likely N-dealkylation sites (tertiary alicyclic amines) is 1. The van der Waals surface area contributed by atoms with E-state index in [2.05, 4.69) is 20.5 Å². The predicted octanol–water partition coefficient (Wildman–Crippen LogP) is 2.08. The van der Waals surface area contributed by atoms with E-state index in [1.807, 2.05) is 0 Å². The highest BCUT2D eigenvalue weighted by Gasteiger charge is 2.30. The average molecular weight is 346 g/mol. The molecule has 1 unspecified atom stereocenters. The molecule has 0 radical (unpaired) electrons. The molecule has 1 aliphatic rings. The summed E-state index contributed by atoms with van der Waals surface area (Å²) in [5.41, 5.74) is 0.944. The number of ether oxygens (including phenoxy) is 1. The van der Waals surface area contributed by atoms with Crippen molar-refractivity contribution in [2.75, 3.05) is 18.5 Å². The lowest BCUT2D eigenvalue weighted by Crippen LogP contribution is -2.41. The van der Waals surface area contributed by atoms with Gasteiger partial charge in [0.2, 0.25) is 0 Å². The van der Waals surface area contributed by atoms with Gasteiger partial charge in [-0.15, -0.1) is 0 Å². The maximum Gasteiger partial charge on any atom is 0.355 e. The molecule has 134 valence electrons. The van der Waals surface area contributed by atoms with Crippen LogP contribution in [0.2, 0.25) is 0 Å². The van der Waals surface area contributed by atoms with Crippen LogP contribution in [0.1, 0.15) is 48.5 Å². The van der Waals surface area contributed by atoms with Gasteiger partial charge in [-0.3, -0.25) is 5.10 Å². The molecule has 9 heteroatoms. The Morgan fingerprint density at radius 3 is 3.00 bits per heavy atom. The van der Waals surface area contributed by atoms with Crippen LogP contribution in [0.5, 0.6) is 0 Å². The van der Waals surface area contributed by atoms with Crippen molar-refractivity contribution in [1.82, 2.24) is 24.6 Å². The van der Waals surface area contributed by atoms with Crippen molar-refractivity contribution in [3.8, 4) is 0 Å². The first-order chi connectivity index (χ1) is 12.1. The Hall–Kier alpha value is -2.84. The quantitative estimate of drug-likeness (QED) is 0.825. The van der Waals surface area contributed by atoms with E-state index in [9.17, 15) is 9.59 Å². The highest BCUT2D eigenvalue weighted by atomic mass is 16.5. The zero-order chi connectivity index (χ0) is 17.8. The van der Waals surface area contributed by atoms with Crippen LogP contribution >= 0.6 is 0 Å². The molecule has 2 aromatic heterocycles. The van der Waals surface area contributed by atoms with Gasteiger partial charge in [0.15, 0.2) is 0 Å². The summed E-state index contributed by atoms with van der Waals surface area (Å²) < 4.78 is 6.64. The number of hydrogen-bond acceptors (Lipinski definition) is 5. The van der Waals surface area contributed by atoms with Gasteiger partial charge >= 0.3 is 12.0 Å². The number of aromatic amines is 1. The van der Waals surface area contributed by atoms with Gasteiger partial charge in [0, 0.05) is 19.8 Å². The van der Waals surface area contributed by atoms with E-state index in [0.29, 0.717) is 30.4 Å². The Labute approximate surface area is 145 Å². The molecule has 3 rings (SSSR count). The number of hydrogen-bond donors (Lipinski definition) is 2. The number of anilines is 1. The van der Waals surface area contributed by atoms with Gasteiger partial charge in [0.25, 0.3) is 0 Å². The van der Waals surface area contributed by atoms with E-state index < -0.39 is 5.97 Å². The Bertz CT molecular complexity index is 739. The third kappa shape index (κ3) is 3.65. The number of carbonyl (C=O) groups excluding carboxylic acids is 2. The average Bonchev–Trinajstić information content (AvgIpc) is 3.25. The summed E-state index contributed by atoms with van der Waals surface area (Å²) in [6, 6.07) is 1.27. The molecule has 0 spiro atoms. The minimum absolute atomic E-state index is 0.121. The molecule has 0 aliphatic carbocycles. The van der Waals surface area contributed by atoms with Crippen LogP contribution in [-0.2, 0) is 11.8 Å². The van der Waals surface area contributed by atoms with E-state index in [1.54, 1.807) is 35.7 Å². The van der Waals surface area contributed by atoms with Crippen LogP contribution < -0.4 is 5.32 Å². The topological polar surface area (TPSA) is 105 Å². The van der Waals surface area contributed by atoms with Crippen LogP contribution in [0.3, 0.4) is 0 Å². The molecule has 0 saturated carbocycles. The van der Waals surface area contributed by atoms with Gasteiger partial charge in [0.1, 0.15) is 17.8 Å². The summed E-state index contributed by atoms with van der Waals surface area (Å²) in [5.74, 6) is 0.276. The van der Waals surface area contributed by atoms with Gasteiger partial charge in [0.05, 0.1) is 18.3 Å². The van der Waals surface area contributed by atoms with Gasteiger partial charge < -0.3 is 19.5 Å². The fourth-order valence-electron chi connectivity index (χ4n) is 3.07. The molecule has 2 aromatic rings. The van der Waals surface area contributed by atoms with E-state index in [4.69, 9.17) is 4.74 Å². The Morgan fingerprint density at radius 1 is 1.44 bits per heavy atom. The summed E-state index contributed by atoms with van der Waals surface area (Å²) >= 11 is 0. The van der Waals surface area contributed by atoms with E-state index in [1.165, 1.54) is 6.33 Å². The van der Waals surface area contributed by atoms with E-state index in [-0.39, 0.29) is 12.1 Å². The Kier molecular flexibility index (Phi) is 5.01. The first-order valence-corrected chi connectivity index (χ1v) is 8.36. The third-order valence-corrected chi connectivity index (χ3v) is 4.25. The maximum atomic E-state index is 12.7. The zero-order valence-corrected chi connectivity index (χ0v) is 14.4. The minimum Gasteiger partial charge on any atom is -0.461 e. The van der Waals surface area contributed by atoms with Crippen molar-refractivity contribution < 1.29 is 14.3 Å². The number of aryl methyl sites for hydroxylation is 1. The number of aromatic nitrogens is 4. The first-order valence-electron chi connectivity index (χ1n) is 8.36. The van der Waals surface area contributed by atoms with Crippen molar-refractivity contribution in [2.24, 2.45) is 7.05 Å². The molecule has 1 aliphatic heterocycles. The van der Waals surface area contributed by atoms with Crippen molar-refractivity contribution in [3.63, 3.8) is 0 Å². The lowest BCUT2D eigenvalue weighted by atomic mass is 10.0. The molecule has 1 saturated heterocycles. The molecule has 1 atom stereocenters. The highest BCUT2D eigenvalue weighted by molar-refractivity contribution is 5.93. The normalized spacial score (nSPS) is 17.4. The number of amides is 2. The number of nitrogens with one attached hydrogen (secondary N) is 2. The Morgan fingerprint density at radius 2 is 2.28 bits per heavy atom. The van der Waals surface area contributed by atoms with Crippen LogP contribution in [0.4, 0.5) is 10.5 Å². The number of urea groups is 1. The van der Waals surface area contributed by atoms with Gasteiger partial charge in [-0.05, 0) is 32.3 Å². The van der Waals surface area contributed by atoms with Crippen molar-refractivity contribution >= 4 is 17.7 Å². The van der Waals surface area contributed by atoms with Gasteiger partial charge in [-0.2, -0.15) is 5.10 Å². The number of carbonyl (C=O) groups is 2. The van der Waals surface area contributed by atoms with Crippen LogP contribution in [0.25, 0.3) is 0 Å². The SMILES string of the molecule is CCOC(=O)c1cc(NC(=O)N2CCCCC2c2ncn[nH]2)cn1C. The monoisotopic (exact) mass is 346 g/mol. The van der Waals surface area contributed by atoms with Crippen LogP contribution in [0.15, 0.2) is 18.6 Å². The molecule has 9 nitrogen and oxygen atoms in total. The molecule has 0 aromatic carbocycles. The highest BCUT2D eigenvalue weighted by Crippen LogP contribution is 2.29. The maximum absolute atomic E-state index is 12.7. The minimum atomic E-state index is -0.414. The summed E-state index contributed by atoms with van der Waals surface area (Å²) in [6.45, 7) is 2.70. The number of rotatable bonds is 4. The van der Waals surface area contributed by atoms with E-state index >= 15 is 0 Å². The molecule has 0 bridgehead atoms. The predicted molar refractivity (Wildman–Crippen MR) is 90.1 cm³/mol. The van der Waals surface area contributed by atoms with Crippen molar-refractivity contribution in [2.45, 2.75) is 32.2 Å². The number of piperidine rings is 1. The smallest absolute Gasteiger partial charge is 0.355 e.